The highest BCUT2D eigenvalue weighted by atomic mass is 19.1. The lowest BCUT2D eigenvalue weighted by atomic mass is 10.2. The van der Waals surface area contributed by atoms with Crippen LogP contribution in [-0.2, 0) is 6.54 Å². The third-order valence-electron chi connectivity index (χ3n) is 3.61. The molecular formula is C15H18FN5. The summed E-state index contributed by atoms with van der Waals surface area (Å²) in [7, 11) is 1.99. The lowest BCUT2D eigenvalue weighted by Crippen LogP contribution is -2.35. The lowest BCUT2D eigenvalue weighted by molar-refractivity contribution is 0.533. The first-order valence-electron chi connectivity index (χ1n) is 6.93. The number of aromatic nitrogens is 2. The molecule has 1 aromatic carbocycles. The van der Waals surface area contributed by atoms with Crippen molar-refractivity contribution >= 4 is 5.96 Å². The molecule has 0 bridgehead atoms. The Morgan fingerprint density at radius 3 is 2.86 bits per heavy atom. The molecular weight excluding hydrogens is 269 g/mol. The predicted octanol–water partition coefficient (Wildman–Crippen LogP) is 1.71. The van der Waals surface area contributed by atoms with E-state index in [9.17, 15) is 4.39 Å². The summed E-state index contributed by atoms with van der Waals surface area (Å²) >= 11 is 0. The van der Waals surface area contributed by atoms with Crippen LogP contribution in [0, 0.1) is 12.7 Å². The highest BCUT2D eigenvalue weighted by molar-refractivity contribution is 5.81. The molecule has 0 radical (unpaired) electrons. The maximum atomic E-state index is 14.3. The summed E-state index contributed by atoms with van der Waals surface area (Å²) in [6, 6.07) is 5.25. The number of benzene rings is 1. The minimum Gasteiger partial charge on any atom is -0.352 e. The molecule has 5 nitrogen and oxygen atoms in total. The number of aryl methyl sites for hydroxylation is 1. The Hall–Kier alpha value is -2.37. The van der Waals surface area contributed by atoms with E-state index in [1.54, 1.807) is 29.1 Å². The Morgan fingerprint density at radius 2 is 2.24 bits per heavy atom. The number of hydrogen-bond acceptors (Lipinski definition) is 4. The van der Waals surface area contributed by atoms with Gasteiger partial charge in [0.25, 0.3) is 0 Å². The maximum absolute atomic E-state index is 14.3. The van der Waals surface area contributed by atoms with Gasteiger partial charge in [-0.15, -0.1) is 0 Å². The molecule has 0 saturated carbocycles. The van der Waals surface area contributed by atoms with Crippen molar-refractivity contribution in [3.63, 3.8) is 0 Å². The van der Waals surface area contributed by atoms with Crippen LogP contribution in [0.25, 0.3) is 5.69 Å². The SMILES string of the molecule is Cc1nccn1-c1ccc(CNC2=NCCN2C)cc1F. The van der Waals surface area contributed by atoms with Gasteiger partial charge >= 0.3 is 0 Å². The molecule has 0 spiro atoms. The van der Waals surface area contributed by atoms with Crippen LogP contribution >= 0.6 is 0 Å². The van der Waals surface area contributed by atoms with Crippen molar-refractivity contribution in [1.82, 2.24) is 19.8 Å². The Morgan fingerprint density at radius 1 is 1.38 bits per heavy atom. The Bertz CT molecular complexity index is 676. The minimum absolute atomic E-state index is 0.253. The fraction of sp³-hybridized carbons (Fsp3) is 0.333. The average molecular weight is 287 g/mol. The molecule has 0 amide bonds. The first kappa shape index (κ1) is 13.6. The standard InChI is InChI=1S/C15H18FN5/c1-11-17-6-8-21(11)14-4-3-12(9-13(14)16)10-19-15-18-5-7-20(15)2/h3-4,6,8-9H,5,7,10H2,1-2H3,(H,18,19). The summed E-state index contributed by atoms with van der Waals surface area (Å²) in [4.78, 5) is 10.5. The third-order valence-corrected chi connectivity index (χ3v) is 3.61. The van der Waals surface area contributed by atoms with E-state index in [1.165, 1.54) is 0 Å². The Balaban J connectivity index is 1.74. The van der Waals surface area contributed by atoms with E-state index < -0.39 is 0 Å². The smallest absolute Gasteiger partial charge is 0.194 e. The second-order valence-electron chi connectivity index (χ2n) is 5.11. The molecule has 0 fully saturated rings. The van der Waals surface area contributed by atoms with Gasteiger partial charge in [-0.1, -0.05) is 6.07 Å². The van der Waals surface area contributed by atoms with E-state index in [0.29, 0.717) is 12.2 Å². The first-order valence-corrected chi connectivity index (χ1v) is 6.93. The normalized spacial score (nSPS) is 14.4. The van der Waals surface area contributed by atoms with Crippen molar-refractivity contribution < 1.29 is 4.39 Å². The van der Waals surface area contributed by atoms with Gasteiger partial charge in [0, 0.05) is 32.5 Å². The second kappa shape index (κ2) is 5.55. The summed E-state index contributed by atoms with van der Waals surface area (Å²) < 4.78 is 16.0. The van der Waals surface area contributed by atoms with Crippen molar-refractivity contribution in [1.29, 1.82) is 0 Å². The molecule has 1 aliphatic heterocycles. The van der Waals surface area contributed by atoms with Gasteiger partial charge in [0.2, 0.25) is 0 Å². The summed E-state index contributed by atoms with van der Waals surface area (Å²) in [6.07, 6.45) is 3.42. The highest BCUT2D eigenvalue weighted by Gasteiger charge is 2.12. The lowest BCUT2D eigenvalue weighted by Gasteiger charge is -2.15. The van der Waals surface area contributed by atoms with Crippen LogP contribution in [0.5, 0.6) is 0 Å². The average Bonchev–Trinajstić information content (AvgIpc) is 3.06. The number of rotatable bonds is 3. The number of aliphatic imine (C=N–C) groups is 1. The highest BCUT2D eigenvalue weighted by Crippen LogP contribution is 2.16. The molecule has 110 valence electrons. The van der Waals surface area contributed by atoms with E-state index in [-0.39, 0.29) is 5.82 Å². The van der Waals surface area contributed by atoms with Gasteiger partial charge in [0.15, 0.2) is 5.96 Å². The number of likely N-dealkylation sites (N-methyl/N-ethyl adjacent to an activating group) is 1. The topological polar surface area (TPSA) is 45.5 Å². The number of nitrogens with one attached hydrogen (secondary N) is 1. The van der Waals surface area contributed by atoms with Crippen LogP contribution in [0.2, 0.25) is 0 Å². The van der Waals surface area contributed by atoms with Crippen LogP contribution in [0.4, 0.5) is 4.39 Å². The molecule has 0 atom stereocenters. The zero-order valence-electron chi connectivity index (χ0n) is 12.2. The first-order chi connectivity index (χ1) is 10.1. The molecule has 21 heavy (non-hydrogen) atoms. The quantitative estimate of drug-likeness (QED) is 0.935. The third kappa shape index (κ3) is 2.74. The summed E-state index contributed by atoms with van der Waals surface area (Å²) in [6.45, 7) is 4.15. The van der Waals surface area contributed by atoms with Gasteiger partial charge in [-0.3, -0.25) is 4.99 Å². The molecule has 6 heteroatoms. The molecule has 1 N–H and O–H groups in total. The van der Waals surface area contributed by atoms with E-state index in [4.69, 9.17) is 0 Å². The van der Waals surface area contributed by atoms with Gasteiger partial charge in [-0.05, 0) is 24.6 Å². The van der Waals surface area contributed by atoms with Crippen molar-refractivity contribution in [3.05, 3.63) is 47.8 Å². The van der Waals surface area contributed by atoms with Gasteiger partial charge in [-0.2, -0.15) is 0 Å². The van der Waals surface area contributed by atoms with Gasteiger partial charge in [0.05, 0.1) is 12.2 Å². The predicted molar refractivity (Wildman–Crippen MR) is 80.0 cm³/mol. The van der Waals surface area contributed by atoms with E-state index in [1.807, 2.05) is 20.0 Å². The van der Waals surface area contributed by atoms with E-state index in [2.05, 4.69) is 20.2 Å². The summed E-state index contributed by atoms with van der Waals surface area (Å²) in [5.74, 6) is 1.38. The van der Waals surface area contributed by atoms with Crippen LogP contribution in [0.3, 0.4) is 0 Å². The zero-order chi connectivity index (χ0) is 14.8. The van der Waals surface area contributed by atoms with Crippen molar-refractivity contribution in [2.75, 3.05) is 20.1 Å². The van der Waals surface area contributed by atoms with Gasteiger partial charge in [-0.25, -0.2) is 9.37 Å². The van der Waals surface area contributed by atoms with Gasteiger partial charge in [0.1, 0.15) is 11.6 Å². The molecule has 2 heterocycles. The number of hydrogen-bond donors (Lipinski definition) is 1. The minimum atomic E-state index is -0.253. The van der Waals surface area contributed by atoms with Crippen molar-refractivity contribution in [2.45, 2.75) is 13.5 Å². The Labute approximate surface area is 123 Å². The number of guanidine groups is 1. The number of imidazole rings is 1. The zero-order valence-corrected chi connectivity index (χ0v) is 12.2. The van der Waals surface area contributed by atoms with Crippen LogP contribution < -0.4 is 5.32 Å². The van der Waals surface area contributed by atoms with Crippen molar-refractivity contribution in [3.8, 4) is 5.69 Å². The molecule has 3 rings (SSSR count). The van der Waals surface area contributed by atoms with Crippen molar-refractivity contribution in [2.24, 2.45) is 4.99 Å². The molecule has 0 unspecified atom stereocenters. The largest absolute Gasteiger partial charge is 0.352 e. The van der Waals surface area contributed by atoms with Crippen LogP contribution in [-0.4, -0.2) is 40.5 Å². The number of halogens is 1. The summed E-state index contributed by atoms with van der Waals surface area (Å²) in [5, 5.41) is 3.23. The van der Waals surface area contributed by atoms with E-state index >= 15 is 0 Å². The molecule has 1 aromatic heterocycles. The molecule has 0 saturated heterocycles. The monoisotopic (exact) mass is 287 g/mol. The maximum Gasteiger partial charge on any atom is 0.194 e. The van der Waals surface area contributed by atoms with Gasteiger partial charge < -0.3 is 14.8 Å². The fourth-order valence-corrected chi connectivity index (χ4v) is 2.39. The molecule has 1 aliphatic rings. The van der Waals surface area contributed by atoms with E-state index in [0.717, 1.165) is 30.4 Å². The second-order valence-corrected chi connectivity index (χ2v) is 5.11. The van der Waals surface area contributed by atoms with Crippen LogP contribution in [0.1, 0.15) is 11.4 Å². The molecule has 2 aromatic rings. The Kier molecular flexibility index (Phi) is 3.60. The number of nitrogens with zero attached hydrogens (tertiary/aromatic N) is 4. The van der Waals surface area contributed by atoms with Crippen LogP contribution in [0.15, 0.2) is 35.6 Å². The molecule has 0 aliphatic carbocycles. The fourth-order valence-electron chi connectivity index (χ4n) is 2.39. The summed E-state index contributed by atoms with van der Waals surface area (Å²) in [5.41, 5.74) is 1.40.